The van der Waals surface area contributed by atoms with E-state index in [9.17, 15) is 0 Å². The lowest BCUT2D eigenvalue weighted by atomic mass is 9.93. The molecular weight excluding hydrogens is 184 g/mol. The van der Waals surface area contributed by atoms with E-state index in [2.05, 4.69) is 31.2 Å². The van der Waals surface area contributed by atoms with E-state index in [-0.39, 0.29) is 0 Å². The molecule has 0 heterocycles. The molecule has 0 aromatic heterocycles. The van der Waals surface area contributed by atoms with Crippen molar-refractivity contribution in [2.45, 2.75) is 32.6 Å². The first kappa shape index (κ1) is 10.3. The van der Waals surface area contributed by atoms with E-state index < -0.39 is 0 Å². The van der Waals surface area contributed by atoms with Crippen molar-refractivity contribution in [1.82, 2.24) is 0 Å². The highest BCUT2D eigenvalue weighted by molar-refractivity contribution is 5.67. The van der Waals surface area contributed by atoms with Crippen molar-refractivity contribution in [2.24, 2.45) is 0 Å². The average Bonchev–Trinajstić information content (AvgIpc) is 2.30. The summed E-state index contributed by atoms with van der Waals surface area (Å²) in [4.78, 5) is 0. The molecule has 1 aliphatic carbocycles. The van der Waals surface area contributed by atoms with Crippen LogP contribution >= 0.6 is 0 Å². The van der Waals surface area contributed by atoms with Crippen LogP contribution in [0.4, 0.5) is 0 Å². The molecule has 0 atom stereocenters. The van der Waals surface area contributed by atoms with Gasteiger partial charge in [0.25, 0.3) is 0 Å². The minimum absolute atomic E-state index is 0.982. The summed E-state index contributed by atoms with van der Waals surface area (Å²) in [5, 5.41) is 0. The van der Waals surface area contributed by atoms with Crippen molar-refractivity contribution in [3.63, 3.8) is 0 Å². The molecule has 1 heteroatoms. The number of ether oxygens (including phenoxy) is 1. The maximum atomic E-state index is 5.27. The van der Waals surface area contributed by atoms with Gasteiger partial charge in [-0.3, -0.25) is 0 Å². The van der Waals surface area contributed by atoms with Crippen LogP contribution in [0.5, 0.6) is 5.75 Å². The van der Waals surface area contributed by atoms with Crippen molar-refractivity contribution in [3.8, 4) is 5.75 Å². The largest absolute Gasteiger partial charge is 0.496 e. The fourth-order valence-electron chi connectivity index (χ4n) is 2.18. The fourth-order valence-corrected chi connectivity index (χ4v) is 2.18. The molecule has 1 nitrogen and oxygen atoms in total. The Bertz CT molecular complexity index is 377. The van der Waals surface area contributed by atoms with Crippen molar-refractivity contribution in [2.75, 3.05) is 7.11 Å². The molecule has 0 fully saturated rings. The number of rotatable bonds is 2. The Balaban J connectivity index is 2.29. The number of hydrogen-bond acceptors (Lipinski definition) is 1. The standard InChI is InChI=1S/C14H18O/c1-11-10-13(8-9-14(11)15-2)12-6-4-3-5-7-12/h6,8-10H,3-5,7H2,1-2H3. The third kappa shape index (κ3) is 2.23. The van der Waals surface area contributed by atoms with Gasteiger partial charge in [0.2, 0.25) is 0 Å². The Morgan fingerprint density at radius 3 is 2.67 bits per heavy atom. The number of hydrogen-bond donors (Lipinski definition) is 0. The van der Waals surface area contributed by atoms with E-state index in [1.165, 1.54) is 42.4 Å². The maximum absolute atomic E-state index is 5.27. The average molecular weight is 202 g/mol. The molecule has 2 rings (SSSR count). The van der Waals surface area contributed by atoms with Crippen molar-refractivity contribution >= 4 is 5.57 Å². The Morgan fingerprint density at radius 1 is 1.20 bits per heavy atom. The summed E-state index contributed by atoms with van der Waals surface area (Å²) >= 11 is 0. The molecule has 0 amide bonds. The van der Waals surface area contributed by atoms with Crippen LogP contribution in [-0.2, 0) is 0 Å². The highest BCUT2D eigenvalue weighted by Gasteiger charge is 2.07. The van der Waals surface area contributed by atoms with E-state index in [0.29, 0.717) is 0 Å². The van der Waals surface area contributed by atoms with Gasteiger partial charge >= 0.3 is 0 Å². The fraction of sp³-hybridized carbons (Fsp3) is 0.429. The molecule has 0 saturated heterocycles. The number of allylic oxidation sites excluding steroid dienone is 2. The summed E-state index contributed by atoms with van der Waals surface area (Å²) in [6.07, 6.45) is 7.52. The molecular formula is C14H18O. The van der Waals surface area contributed by atoms with Crippen molar-refractivity contribution in [1.29, 1.82) is 0 Å². The van der Waals surface area contributed by atoms with Crippen LogP contribution in [0.3, 0.4) is 0 Å². The predicted octanol–water partition coefficient (Wildman–Crippen LogP) is 3.96. The van der Waals surface area contributed by atoms with Gasteiger partial charge in [-0.15, -0.1) is 0 Å². The number of aryl methyl sites for hydroxylation is 1. The van der Waals surface area contributed by atoms with Crippen LogP contribution in [0.15, 0.2) is 24.3 Å². The molecule has 0 saturated carbocycles. The third-order valence-corrected chi connectivity index (χ3v) is 3.06. The van der Waals surface area contributed by atoms with Crippen LogP contribution < -0.4 is 4.74 Å². The van der Waals surface area contributed by atoms with E-state index in [4.69, 9.17) is 4.74 Å². The summed E-state index contributed by atoms with van der Waals surface area (Å²) < 4.78 is 5.27. The topological polar surface area (TPSA) is 9.23 Å². The minimum atomic E-state index is 0.982. The van der Waals surface area contributed by atoms with Crippen LogP contribution in [-0.4, -0.2) is 7.11 Å². The zero-order chi connectivity index (χ0) is 10.7. The van der Waals surface area contributed by atoms with Crippen molar-refractivity contribution < 1.29 is 4.74 Å². The monoisotopic (exact) mass is 202 g/mol. The van der Waals surface area contributed by atoms with E-state index in [0.717, 1.165) is 5.75 Å². The van der Waals surface area contributed by atoms with Gasteiger partial charge in [-0.1, -0.05) is 12.1 Å². The van der Waals surface area contributed by atoms with Gasteiger partial charge in [-0.25, -0.2) is 0 Å². The zero-order valence-electron chi connectivity index (χ0n) is 9.55. The summed E-state index contributed by atoms with van der Waals surface area (Å²) in [6.45, 7) is 2.10. The Kier molecular flexibility index (Phi) is 3.10. The van der Waals surface area contributed by atoms with Crippen LogP contribution in [0.1, 0.15) is 36.8 Å². The highest BCUT2D eigenvalue weighted by atomic mass is 16.5. The van der Waals surface area contributed by atoms with Crippen LogP contribution in [0.2, 0.25) is 0 Å². The molecule has 1 aromatic carbocycles. The molecule has 0 bridgehead atoms. The minimum Gasteiger partial charge on any atom is -0.496 e. The third-order valence-electron chi connectivity index (χ3n) is 3.06. The molecule has 0 spiro atoms. The van der Waals surface area contributed by atoms with Gasteiger partial charge in [-0.05, 0) is 61.4 Å². The second kappa shape index (κ2) is 4.52. The van der Waals surface area contributed by atoms with Gasteiger partial charge in [0.05, 0.1) is 7.11 Å². The predicted molar refractivity (Wildman–Crippen MR) is 64.2 cm³/mol. The first-order valence-corrected chi connectivity index (χ1v) is 5.65. The van der Waals surface area contributed by atoms with Gasteiger partial charge < -0.3 is 4.74 Å². The second-order valence-electron chi connectivity index (χ2n) is 4.16. The normalized spacial score (nSPS) is 16.0. The molecule has 0 aliphatic heterocycles. The molecule has 1 aromatic rings. The molecule has 80 valence electrons. The van der Waals surface area contributed by atoms with Crippen LogP contribution in [0.25, 0.3) is 5.57 Å². The Morgan fingerprint density at radius 2 is 2.07 bits per heavy atom. The van der Waals surface area contributed by atoms with Gasteiger partial charge in [0, 0.05) is 0 Å². The second-order valence-corrected chi connectivity index (χ2v) is 4.16. The quantitative estimate of drug-likeness (QED) is 0.705. The highest BCUT2D eigenvalue weighted by Crippen LogP contribution is 2.29. The lowest BCUT2D eigenvalue weighted by molar-refractivity contribution is 0.411. The summed E-state index contributed by atoms with van der Waals surface area (Å²) in [5.41, 5.74) is 4.10. The first-order chi connectivity index (χ1) is 7.31. The first-order valence-electron chi connectivity index (χ1n) is 5.65. The van der Waals surface area contributed by atoms with Crippen LogP contribution in [0, 0.1) is 6.92 Å². The number of methoxy groups -OCH3 is 1. The maximum Gasteiger partial charge on any atom is 0.121 e. The molecule has 15 heavy (non-hydrogen) atoms. The molecule has 0 unspecified atom stereocenters. The Labute approximate surface area is 91.8 Å². The van der Waals surface area contributed by atoms with E-state index in [1.54, 1.807) is 7.11 Å². The lowest BCUT2D eigenvalue weighted by Gasteiger charge is -2.14. The van der Waals surface area contributed by atoms with Crippen molar-refractivity contribution in [3.05, 3.63) is 35.4 Å². The summed E-state index contributed by atoms with van der Waals surface area (Å²) in [7, 11) is 1.72. The van der Waals surface area contributed by atoms with Gasteiger partial charge in [-0.2, -0.15) is 0 Å². The summed E-state index contributed by atoms with van der Waals surface area (Å²) in [5.74, 6) is 0.982. The van der Waals surface area contributed by atoms with Gasteiger partial charge in [0.15, 0.2) is 0 Å². The molecule has 0 radical (unpaired) electrons. The lowest BCUT2D eigenvalue weighted by Crippen LogP contribution is -1.93. The zero-order valence-corrected chi connectivity index (χ0v) is 9.55. The van der Waals surface area contributed by atoms with E-state index >= 15 is 0 Å². The van der Waals surface area contributed by atoms with Gasteiger partial charge in [0.1, 0.15) is 5.75 Å². The Hall–Kier alpha value is -1.24. The molecule has 1 aliphatic rings. The smallest absolute Gasteiger partial charge is 0.121 e. The number of benzene rings is 1. The SMILES string of the molecule is COc1ccc(C2=CCCCC2)cc1C. The van der Waals surface area contributed by atoms with E-state index in [1.807, 2.05) is 0 Å². The molecule has 0 N–H and O–H groups in total. The summed E-state index contributed by atoms with van der Waals surface area (Å²) in [6, 6.07) is 6.47.